The molecule has 0 aliphatic carbocycles. The summed E-state index contributed by atoms with van der Waals surface area (Å²) in [7, 11) is 0. The second-order valence-corrected chi connectivity index (χ2v) is 5.94. The summed E-state index contributed by atoms with van der Waals surface area (Å²) in [6.45, 7) is 2.16. The first-order chi connectivity index (χ1) is 10.2. The highest BCUT2D eigenvalue weighted by molar-refractivity contribution is 6.36. The zero-order chi connectivity index (χ0) is 14.8. The standard InChI is InChI=1S/C19H16Cl2/c1-2-13-7-3-4-8-14(13)19(21)17-11-12-18(20)16-10-6-5-9-15(16)17/h3-12,19H,2H2,1H3. The highest BCUT2D eigenvalue weighted by atomic mass is 35.5. The van der Waals surface area contributed by atoms with Gasteiger partial charge in [0.05, 0.1) is 5.38 Å². The molecule has 0 aliphatic heterocycles. The zero-order valence-corrected chi connectivity index (χ0v) is 13.3. The van der Waals surface area contributed by atoms with Crippen LogP contribution in [0.5, 0.6) is 0 Å². The van der Waals surface area contributed by atoms with E-state index in [1.54, 1.807) is 0 Å². The number of hydrogen-bond acceptors (Lipinski definition) is 0. The van der Waals surface area contributed by atoms with E-state index in [0.29, 0.717) is 0 Å². The lowest BCUT2D eigenvalue weighted by Crippen LogP contribution is -1.99. The Morgan fingerprint density at radius 1 is 0.810 bits per heavy atom. The number of alkyl halides is 1. The average molecular weight is 315 g/mol. The predicted molar refractivity (Wildman–Crippen MR) is 92.5 cm³/mol. The molecule has 0 N–H and O–H groups in total. The van der Waals surface area contributed by atoms with E-state index >= 15 is 0 Å². The maximum atomic E-state index is 6.80. The van der Waals surface area contributed by atoms with Crippen molar-refractivity contribution in [3.8, 4) is 0 Å². The van der Waals surface area contributed by atoms with Crippen LogP contribution in [0, 0.1) is 0 Å². The normalized spacial score (nSPS) is 12.5. The van der Waals surface area contributed by atoms with Gasteiger partial charge in [-0.3, -0.25) is 0 Å². The van der Waals surface area contributed by atoms with Crippen LogP contribution in [0.4, 0.5) is 0 Å². The summed E-state index contributed by atoms with van der Waals surface area (Å²) < 4.78 is 0. The van der Waals surface area contributed by atoms with E-state index in [-0.39, 0.29) is 5.38 Å². The lowest BCUT2D eigenvalue weighted by molar-refractivity contribution is 1.05. The maximum absolute atomic E-state index is 6.80. The van der Waals surface area contributed by atoms with Crippen molar-refractivity contribution < 1.29 is 0 Å². The van der Waals surface area contributed by atoms with Gasteiger partial charge in [0.15, 0.2) is 0 Å². The molecule has 0 saturated carbocycles. The Morgan fingerprint density at radius 3 is 2.24 bits per heavy atom. The number of halogens is 2. The average Bonchev–Trinajstić information content (AvgIpc) is 2.55. The first-order valence-electron chi connectivity index (χ1n) is 7.11. The number of aryl methyl sites for hydroxylation is 1. The van der Waals surface area contributed by atoms with E-state index in [2.05, 4.69) is 31.2 Å². The van der Waals surface area contributed by atoms with Crippen molar-refractivity contribution in [1.82, 2.24) is 0 Å². The van der Waals surface area contributed by atoms with Crippen molar-refractivity contribution in [3.05, 3.63) is 82.4 Å². The molecule has 1 atom stereocenters. The highest BCUT2D eigenvalue weighted by Gasteiger charge is 2.17. The van der Waals surface area contributed by atoms with Gasteiger partial charge in [-0.1, -0.05) is 73.1 Å². The monoisotopic (exact) mass is 314 g/mol. The van der Waals surface area contributed by atoms with Gasteiger partial charge >= 0.3 is 0 Å². The molecule has 0 nitrogen and oxygen atoms in total. The Balaban J connectivity index is 2.18. The van der Waals surface area contributed by atoms with Gasteiger partial charge in [0.2, 0.25) is 0 Å². The van der Waals surface area contributed by atoms with Crippen LogP contribution >= 0.6 is 23.2 Å². The molecule has 3 rings (SSSR count). The molecule has 0 amide bonds. The molecule has 3 aromatic rings. The van der Waals surface area contributed by atoms with E-state index < -0.39 is 0 Å². The SMILES string of the molecule is CCc1ccccc1C(Cl)c1ccc(Cl)c2ccccc12. The zero-order valence-electron chi connectivity index (χ0n) is 11.8. The second-order valence-electron chi connectivity index (χ2n) is 5.10. The Hall–Kier alpha value is -1.50. The van der Waals surface area contributed by atoms with Crippen molar-refractivity contribution in [3.63, 3.8) is 0 Å². The second kappa shape index (κ2) is 6.09. The number of benzene rings is 3. The fourth-order valence-electron chi connectivity index (χ4n) is 2.78. The Bertz CT molecular complexity index is 777. The van der Waals surface area contributed by atoms with Crippen LogP contribution in [0.2, 0.25) is 5.02 Å². The van der Waals surface area contributed by atoms with Gasteiger partial charge in [-0.05, 0) is 34.6 Å². The molecule has 0 bridgehead atoms. The van der Waals surface area contributed by atoms with E-state index in [1.165, 1.54) is 11.1 Å². The molecular weight excluding hydrogens is 299 g/mol. The van der Waals surface area contributed by atoms with Gasteiger partial charge in [-0.15, -0.1) is 11.6 Å². The molecule has 2 heteroatoms. The Kier molecular flexibility index (Phi) is 4.19. The van der Waals surface area contributed by atoms with Crippen LogP contribution in [-0.4, -0.2) is 0 Å². The van der Waals surface area contributed by atoms with Crippen molar-refractivity contribution in [2.24, 2.45) is 0 Å². The lowest BCUT2D eigenvalue weighted by Gasteiger charge is -2.17. The van der Waals surface area contributed by atoms with Crippen LogP contribution in [0.25, 0.3) is 10.8 Å². The number of hydrogen-bond donors (Lipinski definition) is 0. The van der Waals surface area contributed by atoms with Crippen LogP contribution in [0.15, 0.2) is 60.7 Å². The number of fused-ring (bicyclic) bond motifs is 1. The molecule has 0 saturated heterocycles. The first kappa shape index (κ1) is 14.4. The van der Waals surface area contributed by atoms with E-state index in [9.17, 15) is 0 Å². The van der Waals surface area contributed by atoms with E-state index in [0.717, 1.165) is 27.8 Å². The summed E-state index contributed by atoms with van der Waals surface area (Å²) in [6.07, 6.45) is 0.977. The fraction of sp³-hybridized carbons (Fsp3) is 0.158. The smallest absolute Gasteiger partial charge is 0.0844 e. The van der Waals surface area contributed by atoms with Gasteiger partial charge in [0.1, 0.15) is 0 Å². The minimum atomic E-state index is -0.164. The third-order valence-electron chi connectivity index (χ3n) is 3.89. The Labute approximate surface area is 135 Å². The molecule has 0 heterocycles. The largest absolute Gasteiger partial charge is 0.113 e. The molecular formula is C19H16Cl2. The van der Waals surface area contributed by atoms with Gasteiger partial charge in [-0.2, -0.15) is 0 Å². The summed E-state index contributed by atoms with van der Waals surface area (Å²) in [5.41, 5.74) is 3.57. The van der Waals surface area contributed by atoms with Crippen molar-refractivity contribution >= 4 is 34.0 Å². The summed E-state index contributed by atoms with van der Waals surface area (Å²) in [5, 5.41) is 2.78. The lowest BCUT2D eigenvalue weighted by atomic mass is 9.94. The Morgan fingerprint density at radius 2 is 1.48 bits per heavy atom. The summed E-state index contributed by atoms with van der Waals surface area (Å²) in [4.78, 5) is 0. The van der Waals surface area contributed by atoms with Crippen LogP contribution in [-0.2, 0) is 6.42 Å². The van der Waals surface area contributed by atoms with Gasteiger partial charge in [-0.25, -0.2) is 0 Å². The van der Waals surface area contributed by atoms with Crippen molar-refractivity contribution in [2.45, 2.75) is 18.7 Å². The van der Waals surface area contributed by atoms with Crippen LogP contribution in [0.1, 0.15) is 29.0 Å². The van der Waals surface area contributed by atoms with E-state index in [4.69, 9.17) is 23.2 Å². The topological polar surface area (TPSA) is 0 Å². The number of rotatable bonds is 3. The highest BCUT2D eigenvalue weighted by Crippen LogP contribution is 2.37. The fourth-order valence-corrected chi connectivity index (χ4v) is 3.41. The molecule has 0 spiro atoms. The first-order valence-corrected chi connectivity index (χ1v) is 7.92. The van der Waals surface area contributed by atoms with Crippen molar-refractivity contribution in [1.29, 1.82) is 0 Å². The molecule has 1 unspecified atom stereocenters. The van der Waals surface area contributed by atoms with Crippen molar-refractivity contribution in [2.75, 3.05) is 0 Å². The summed E-state index contributed by atoms with van der Waals surface area (Å²) in [5.74, 6) is 0. The van der Waals surface area contributed by atoms with Gasteiger partial charge < -0.3 is 0 Å². The third kappa shape index (κ3) is 2.66. The third-order valence-corrected chi connectivity index (χ3v) is 4.69. The maximum Gasteiger partial charge on any atom is 0.0844 e. The quantitative estimate of drug-likeness (QED) is 0.492. The minimum absolute atomic E-state index is 0.164. The van der Waals surface area contributed by atoms with E-state index in [1.807, 2.05) is 36.4 Å². The van der Waals surface area contributed by atoms with Gasteiger partial charge in [0.25, 0.3) is 0 Å². The van der Waals surface area contributed by atoms with Gasteiger partial charge in [0, 0.05) is 10.4 Å². The molecule has 3 aromatic carbocycles. The van der Waals surface area contributed by atoms with Crippen LogP contribution in [0.3, 0.4) is 0 Å². The summed E-state index contributed by atoms with van der Waals surface area (Å²) >= 11 is 13.1. The molecule has 21 heavy (non-hydrogen) atoms. The summed E-state index contributed by atoms with van der Waals surface area (Å²) in [6, 6.07) is 20.5. The molecule has 0 aromatic heterocycles. The minimum Gasteiger partial charge on any atom is -0.113 e. The van der Waals surface area contributed by atoms with Crippen LogP contribution < -0.4 is 0 Å². The molecule has 0 aliphatic rings. The predicted octanol–water partition coefficient (Wildman–Crippen LogP) is 6.38. The molecule has 106 valence electrons. The molecule has 0 fully saturated rings. The molecule has 0 radical (unpaired) electrons.